The van der Waals surface area contributed by atoms with Gasteiger partial charge in [-0.05, 0) is 6.42 Å². The van der Waals surface area contributed by atoms with Crippen molar-refractivity contribution in [1.29, 1.82) is 0 Å². The maximum Gasteiger partial charge on any atom is 0.324 e. The lowest BCUT2D eigenvalue weighted by Crippen LogP contribution is -2.40. The summed E-state index contributed by atoms with van der Waals surface area (Å²) < 4.78 is 14.5. The highest BCUT2D eigenvalue weighted by molar-refractivity contribution is 6.00. The number of hydrogen-bond acceptors (Lipinski definition) is 6. The van der Waals surface area contributed by atoms with Gasteiger partial charge in [-0.1, -0.05) is 31.8 Å². The molecule has 0 rings (SSSR count). The minimum atomic E-state index is -1.57. The molecule has 0 heterocycles. The predicted molar refractivity (Wildman–Crippen MR) is 84.1 cm³/mol. The van der Waals surface area contributed by atoms with E-state index in [-0.39, 0.29) is 18.8 Å². The first kappa shape index (κ1) is 20.7. The van der Waals surface area contributed by atoms with E-state index >= 15 is 0 Å². The SMILES string of the molecule is C=CCC(CC#CC(OC(C)=O)C(C)C)(C(=O)OC)C(=O)OC. The molecule has 0 aromatic carbocycles. The van der Waals surface area contributed by atoms with Crippen LogP contribution in [0.25, 0.3) is 0 Å². The van der Waals surface area contributed by atoms with Crippen molar-refractivity contribution in [2.75, 3.05) is 14.2 Å². The Balaban J connectivity index is 5.51. The Hall–Kier alpha value is -2.29. The molecule has 128 valence electrons. The lowest BCUT2D eigenvalue weighted by atomic mass is 9.81. The molecule has 0 aliphatic rings. The first-order chi connectivity index (χ1) is 10.7. The maximum atomic E-state index is 12.1. The van der Waals surface area contributed by atoms with Gasteiger partial charge in [-0.2, -0.15) is 0 Å². The van der Waals surface area contributed by atoms with Crippen LogP contribution in [0.15, 0.2) is 12.7 Å². The van der Waals surface area contributed by atoms with Crippen LogP contribution in [-0.2, 0) is 28.6 Å². The third-order valence-corrected chi connectivity index (χ3v) is 3.18. The molecular weight excluding hydrogens is 300 g/mol. The fraction of sp³-hybridized carbons (Fsp3) is 0.588. The Morgan fingerprint density at radius 1 is 1.17 bits per heavy atom. The van der Waals surface area contributed by atoms with Crippen LogP contribution in [-0.4, -0.2) is 38.2 Å². The summed E-state index contributed by atoms with van der Waals surface area (Å²) in [4.78, 5) is 35.3. The van der Waals surface area contributed by atoms with Gasteiger partial charge in [-0.25, -0.2) is 0 Å². The molecule has 0 aliphatic carbocycles. The summed E-state index contributed by atoms with van der Waals surface area (Å²) in [6.45, 7) is 8.54. The van der Waals surface area contributed by atoms with Gasteiger partial charge in [0.25, 0.3) is 0 Å². The average molecular weight is 324 g/mol. The molecule has 0 amide bonds. The monoisotopic (exact) mass is 324 g/mol. The van der Waals surface area contributed by atoms with Gasteiger partial charge in [0.05, 0.1) is 14.2 Å². The Morgan fingerprint density at radius 2 is 1.70 bits per heavy atom. The topological polar surface area (TPSA) is 78.9 Å². The van der Waals surface area contributed by atoms with Crippen LogP contribution in [0.4, 0.5) is 0 Å². The number of carbonyl (C=O) groups excluding carboxylic acids is 3. The highest BCUT2D eigenvalue weighted by atomic mass is 16.5. The van der Waals surface area contributed by atoms with E-state index in [0.29, 0.717) is 0 Å². The molecular formula is C17H24O6. The molecule has 0 spiro atoms. The van der Waals surface area contributed by atoms with E-state index in [4.69, 9.17) is 14.2 Å². The van der Waals surface area contributed by atoms with Crippen molar-refractivity contribution in [2.24, 2.45) is 11.3 Å². The standard InChI is InChI=1S/C17H24O6/c1-7-10-17(15(19)21-5,16(20)22-6)11-8-9-14(12(2)3)23-13(4)18/h7,12,14H,1,10-11H2,2-6H3. The van der Waals surface area contributed by atoms with Crippen molar-refractivity contribution in [3.05, 3.63) is 12.7 Å². The van der Waals surface area contributed by atoms with Gasteiger partial charge in [0.2, 0.25) is 0 Å². The van der Waals surface area contributed by atoms with Crippen LogP contribution in [0.3, 0.4) is 0 Å². The smallest absolute Gasteiger partial charge is 0.324 e. The molecule has 0 fully saturated rings. The van der Waals surface area contributed by atoms with Crippen LogP contribution < -0.4 is 0 Å². The minimum Gasteiger partial charge on any atom is -0.468 e. The molecule has 0 N–H and O–H groups in total. The van der Waals surface area contributed by atoms with Crippen LogP contribution in [0.1, 0.15) is 33.6 Å². The Labute approximate surface area is 137 Å². The normalized spacial score (nSPS) is 11.7. The molecule has 0 aromatic heterocycles. The van der Waals surface area contributed by atoms with E-state index in [1.165, 1.54) is 27.2 Å². The largest absolute Gasteiger partial charge is 0.468 e. The molecule has 0 aromatic rings. The lowest BCUT2D eigenvalue weighted by Gasteiger charge is -2.24. The third kappa shape index (κ3) is 5.78. The van der Waals surface area contributed by atoms with E-state index in [1.807, 2.05) is 13.8 Å². The zero-order valence-electron chi connectivity index (χ0n) is 14.3. The van der Waals surface area contributed by atoms with Crippen molar-refractivity contribution >= 4 is 17.9 Å². The van der Waals surface area contributed by atoms with Crippen molar-refractivity contribution in [3.63, 3.8) is 0 Å². The molecule has 6 heteroatoms. The van der Waals surface area contributed by atoms with E-state index in [9.17, 15) is 14.4 Å². The van der Waals surface area contributed by atoms with Gasteiger partial charge < -0.3 is 14.2 Å². The van der Waals surface area contributed by atoms with E-state index < -0.39 is 29.4 Å². The first-order valence-electron chi connectivity index (χ1n) is 7.18. The summed E-state index contributed by atoms with van der Waals surface area (Å²) >= 11 is 0. The lowest BCUT2D eigenvalue weighted by molar-refractivity contribution is -0.168. The van der Waals surface area contributed by atoms with Gasteiger partial charge in [-0.3, -0.25) is 14.4 Å². The van der Waals surface area contributed by atoms with Crippen molar-refractivity contribution in [3.8, 4) is 11.8 Å². The van der Waals surface area contributed by atoms with Crippen molar-refractivity contribution in [1.82, 2.24) is 0 Å². The van der Waals surface area contributed by atoms with E-state index in [0.717, 1.165) is 0 Å². The molecule has 0 radical (unpaired) electrons. The summed E-state index contributed by atoms with van der Waals surface area (Å²) in [7, 11) is 2.37. The third-order valence-electron chi connectivity index (χ3n) is 3.18. The second-order valence-corrected chi connectivity index (χ2v) is 5.33. The fourth-order valence-corrected chi connectivity index (χ4v) is 1.92. The fourth-order valence-electron chi connectivity index (χ4n) is 1.92. The molecule has 23 heavy (non-hydrogen) atoms. The quantitative estimate of drug-likeness (QED) is 0.234. The van der Waals surface area contributed by atoms with Crippen molar-refractivity contribution < 1.29 is 28.6 Å². The number of allylic oxidation sites excluding steroid dienone is 1. The zero-order valence-corrected chi connectivity index (χ0v) is 14.3. The summed E-state index contributed by atoms with van der Waals surface area (Å²) in [5.74, 6) is 3.57. The van der Waals surface area contributed by atoms with E-state index in [2.05, 4.69) is 18.4 Å². The second kappa shape index (κ2) is 9.67. The summed E-state index contributed by atoms with van der Waals surface area (Å²) in [6, 6.07) is 0. The maximum absolute atomic E-state index is 12.1. The molecule has 1 unspecified atom stereocenters. The number of carbonyl (C=O) groups is 3. The number of rotatable bonds is 7. The zero-order chi connectivity index (χ0) is 18.0. The Kier molecular flexibility index (Phi) is 8.71. The van der Waals surface area contributed by atoms with Crippen LogP contribution >= 0.6 is 0 Å². The number of esters is 3. The van der Waals surface area contributed by atoms with E-state index in [1.54, 1.807) is 0 Å². The van der Waals surface area contributed by atoms with Gasteiger partial charge in [0, 0.05) is 19.3 Å². The second-order valence-electron chi connectivity index (χ2n) is 5.33. The molecule has 1 atom stereocenters. The molecule has 0 aliphatic heterocycles. The highest BCUT2D eigenvalue weighted by Gasteiger charge is 2.47. The number of hydrogen-bond donors (Lipinski definition) is 0. The summed E-state index contributed by atoms with van der Waals surface area (Å²) in [5.41, 5.74) is -1.57. The molecule has 0 saturated carbocycles. The average Bonchev–Trinajstić information content (AvgIpc) is 2.50. The van der Waals surface area contributed by atoms with Crippen LogP contribution in [0, 0.1) is 23.2 Å². The molecule has 0 bridgehead atoms. The van der Waals surface area contributed by atoms with Gasteiger partial charge >= 0.3 is 17.9 Å². The molecule has 0 saturated heterocycles. The Bertz CT molecular complexity index is 493. The van der Waals surface area contributed by atoms with Gasteiger partial charge in [0.15, 0.2) is 11.5 Å². The summed E-state index contributed by atoms with van der Waals surface area (Å²) in [5, 5.41) is 0. The number of methoxy groups -OCH3 is 2. The number of ether oxygens (including phenoxy) is 3. The Morgan fingerprint density at radius 3 is 2.04 bits per heavy atom. The van der Waals surface area contributed by atoms with Crippen LogP contribution in [0.2, 0.25) is 0 Å². The van der Waals surface area contributed by atoms with Crippen molar-refractivity contribution in [2.45, 2.75) is 39.7 Å². The van der Waals surface area contributed by atoms with Crippen LogP contribution in [0.5, 0.6) is 0 Å². The van der Waals surface area contributed by atoms with Gasteiger partial charge in [-0.15, -0.1) is 6.58 Å². The van der Waals surface area contributed by atoms with Gasteiger partial charge in [0.1, 0.15) is 0 Å². The summed E-state index contributed by atoms with van der Waals surface area (Å²) in [6.07, 6.45) is 0.718. The highest BCUT2D eigenvalue weighted by Crippen LogP contribution is 2.30. The first-order valence-corrected chi connectivity index (χ1v) is 7.18. The molecule has 6 nitrogen and oxygen atoms in total. The predicted octanol–water partition coefficient (Wildman–Crippen LogP) is 1.88. The minimum absolute atomic E-state index is 0.0287.